The maximum atomic E-state index is 11.8. The quantitative estimate of drug-likeness (QED) is 0.422. The first-order chi connectivity index (χ1) is 7.38. The molecule has 0 amide bonds. The van der Waals surface area contributed by atoms with Crippen LogP contribution in [0.5, 0.6) is 0 Å². The van der Waals surface area contributed by atoms with Crippen molar-refractivity contribution in [3.63, 3.8) is 0 Å². The van der Waals surface area contributed by atoms with E-state index >= 15 is 0 Å². The van der Waals surface area contributed by atoms with E-state index in [1.54, 1.807) is 0 Å². The van der Waals surface area contributed by atoms with Crippen molar-refractivity contribution in [1.82, 2.24) is 0 Å². The highest BCUT2D eigenvalue weighted by Gasteiger charge is 2.48. The van der Waals surface area contributed by atoms with Crippen molar-refractivity contribution in [1.29, 1.82) is 0 Å². The lowest BCUT2D eigenvalue weighted by molar-refractivity contribution is -0.145. The van der Waals surface area contributed by atoms with Crippen LogP contribution in [0.3, 0.4) is 0 Å². The van der Waals surface area contributed by atoms with Crippen LogP contribution in [-0.2, 0) is 14.0 Å². The van der Waals surface area contributed by atoms with Gasteiger partial charge in [0.15, 0.2) is 8.32 Å². The molecule has 0 bridgehead atoms. The van der Waals surface area contributed by atoms with Crippen LogP contribution in [0.1, 0.15) is 13.3 Å². The summed E-state index contributed by atoms with van der Waals surface area (Å²) in [5.41, 5.74) is 0. The second-order valence-electron chi connectivity index (χ2n) is 5.69. The van der Waals surface area contributed by atoms with E-state index in [2.05, 4.69) is 25.7 Å². The normalized spacial score (nSPS) is 38.4. The molecule has 4 atom stereocenters. The van der Waals surface area contributed by atoms with Crippen LogP contribution >= 0.6 is 0 Å². The van der Waals surface area contributed by atoms with Crippen molar-refractivity contribution in [2.45, 2.75) is 45.2 Å². The average Bonchev–Trinajstić information content (AvgIpc) is 2.41. The molecule has 0 aromatic rings. The van der Waals surface area contributed by atoms with Crippen molar-refractivity contribution >= 4 is 14.3 Å². The van der Waals surface area contributed by atoms with E-state index < -0.39 is 8.32 Å². The zero-order valence-electron chi connectivity index (χ0n) is 10.4. The third-order valence-corrected chi connectivity index (χ3v) is 4.20. The number of fused-ring (bicyclic) bond motifs is 1. The molecule has 1 saturated heterocycles. The van der Waals surface area contributed by atoms with Crippen molar-refractivity contribution in [3.05, 3.63) is 12.2 Å². The van der Waals surface area contributed by atoms with Gasteiger partial charge in [0.25, 0.3) is 0 Å². The highest BCUT2D eigenvalue weighted by atomic mass is 28.4. The molecule has 90 valence electrons. The molecule has 0 saturated carbocycles. The summed E-state index contributed by atoms with van der Waals surface area (Å²) in [6, 6.07) is 0. The smallest absolute Gasteiger partial charge is 0.312 e. The minimum atomic E-state index is -1.62. The summed E-state index contributed by atoms with van der Waals surface area (Å²) >= 11 is 0. The van der Waals surface area contributed by atoms with Crippen molar-refractivity contribution in [2.24, 2.45) is 11.8 Å². The van der Waals surface area contributed by atoms with Crippen LogP contribution in [0.25, 0.3) is 0 Å². The molecule has 0 spiro atoms. The predicted octanol–water partition coefficient (Wildman–Crippen LogP) is 2.34. The van der Waals surface area contributed by atoms with E-state index in [-0.39, 0.29) is 24.1 Å². The summed E-state index contributed by atoms with van der Waals surface area (Å²) in [6.45, 7) is 8.42. The minimum Gasteiger partial charge on any atom is -0.462 e. The Morgan fingerprint density at radius 1 is 1.44 bits per heavy atom. The van der Waals surface area contributed by atoms with E-state index in [1.807, 2.05) is 13.0 Å². The molecular weight excluding hydrogens is 220 g/mol. The van der Waals surface area contributed by atoms with E-state index in [4.69, 9.17) is 9.16 Å². The number of carbonyl (C=O) groups is 1. The third-order valence-electron chi connectivity index (χ3n) is 3.22. The fourth-order valence-electron chi connectivity index (χ4n) is 2.54. The lowest BCUT2D eigenvalue weighted by Crippen LogP contribution is -2.41. The van der Waals surface area contributed by atoms with Crippen LogP contribution in [0.4, 0.5) is 0 Å². The predicted molar refractivity (Wildman–Crippen MR) is 64.5 cm³/mol. The van der Waals surface area contributed by atoms with Crippen LogP contribution in [0, 0.1) is 11.8 Å². The highest BCUT2D eigenvalue weighted by molar-refractivity contribution is 6.69. The van der Waals surface area contributed by atoms with Gasteiger partial charge in [-0.3, -0.25) is 4.79 Å². The van der Waals surface area contributed by atoms with Gasteiger partial charge in [-0.05, 0) is 33.0 Å². The van der Waals surface area contributed by atoms with Crippen LogP contribution in [-0.4, -0.2) is 26.5 Å². The molecule has 2 aliphatic rings. The van der Waals surface area contributed by atoms with Gasteiger partial charge in [0, 0.05) is 5.92 Å². The summed E-state index contributed by atoms with van der Waals surface area (Å²) in [5.74, 6) is 0.149. The van der Waals surface area contributed by atoms with E-state index in [0.29, 0.717) is 5.92 Å². The number of cyclic esters (lactones) is 1. The molecule has 2 rings (SSSR count). The number of hydrogen-bond donors (Lipinski definition) is 0. The monoisotopic (exact) mass is 240 g/mol. The summed E-state index contributed by atoms with van der Waals surface area (Å²) in [4.78, 5) is 11.8. The lowest BCUT2D eigenvalue weighted by atomic mass is 9.80. The molecule has 0 aromatic carbocycles. The van der Waals surface area contributed by atoms with Gasteiger partial charge in [-0.25, -0.2) is 0 Å². The zero-order valence-corrected chi connectivity index (χ0v) is 11.4. The van der Waals surface area contributed by atoms with Gasteiger partial charge in [0.1, 0.15) is 6.10 Å². The molecule has 1 aliphatic heterocycles. The van der Waals surface area contributed by atoms with Crippen molar-refractivity contribution in [3.8, 4) is 0 Å². The number of allylic oxidation sites excluding steroid dienone is 1. The van der Waals surface area contributed by atoms with E-state index in [9.17, 15) is 4.79 Å². The van der Waals surface area contributed by atoms with Crippen LogP contribution < -0.4 is 0 Å². The Bertz CT molecular complexity index is 319. The first kappa shape index (κ1) is 11.9. The third kappa shape index (κ3) is 2.22. The maximum absolute atomic E-state index is 11.8. The fraction of sp³-hybridized carbons (Fsp3) is 0.750. The Balaban J connectivity index is 2.17. The van der Waals surface area contributed by atoms with Gasteiger partial charge in [-0.2, -0.15) is 0 Å². The molecular formula is C12H20O3Si. The summed E-state index contributed by atoms with van der Waals surface area (Å²) in [5, 5.41) is 0. The van der Waals surface area contributed by atoms with Crippen LogP contribution in [0.2, 0.25) is 19.6 Å². The Morgan fingerprint density at radius 2 is 2.12 bits per heavy atom. The molecule has 3 nitrogen and oxygen atoms in total. The summed E-state index contributed by atoms with van der Waals surface area (Å²) < 4.78 is 11.4. The number of carbonyl (C=O) groups excluding carboxylic acids is 1. The standard InChI is InChI=1S/C12H20O3Si/c1-8-9-6-5-7-10(15-16(2,3)4)11(9)12(13)14-8/h5,7-11H,6H2,1-4H3/t8-,9-,10+,11+/m0/s1. The Kier molecular flexibility index (Phi) is 2.97. The Labute approximate surface area is 97.9 Å². The fourth-order valence-corrected chi connectivity index (χ4v) is 3.58. The highest BCUT2D eigenvalue weighted by Crippen LogP contribution is 2.38. The molecule has 0 radical (unpaired) electrons. The van der Waals surface area contributed by atoms with Gasteiger partial charge in [-0.1, -0.05) is 12.2 Å². The largest absolute Gasteiger partial charge is 0.462 e. The van der Waals surface area contributed by atoms with Crippen molar-refractivity contribution in [2.75, 3.05) is 0 Å². The molecule has 1 aliphatic carbocycles. The summed E-state index contributed by atoms with van der Waals surface area (Å²) in [6.07, 6.45) is 5.07. The molecule has 16 heavy (non-hydrogen) atoms. The van der Waals surface area contributed by atoms with Gasteiger partial charge >= 0.3 is 5.97 Å². The topological polar surface area (TPSA) is 35.5 Å². The molecule has 4 heteroatoms. The van der Waals surface area contributed by atoms with Gasteiger partial charge in [0.2, 0.25) is 0 Å². The van der Waals surface area contributed by atoms with Gasteiger partial charge in [-0.15, -0.1) is 0 Å². The molecule has 1 fully saturated rings. The second kappa shape index (κ2) is 4.00. The first-order valence-electron chi connectivity index (χ1n) is 5.93. The molecule has 0 unspecified atom stereocenters. The number of hydrogen-bond acceptors (Lipinski definition) is 3. The number of esters is 1. The second-order valence-corrected chi connectivity index (χ2v) is 10.2. The lowest BCUT2D eigenvalue weighted by Gasteiger charge is -2.32. The van der Waals surface area contributed by atoms with Crippen molar-refractivity contribution < 1.29 is 14.0 Å². The van der Waals surface area contributed by atoms with Crippen LogP contribution in [0.15, 0.2) is 12.2 Å². The van der Waals surface area contributed by atoms with E-state index in [0.717, 1.165) is 6.42 Å². The number of ether oxygens (including phenoxy) is 1. The summed E-state index contributed by atoms with van der Waals surface area (Å²) in [7, 11) is -1.62. The maximum Gasteiger partial charge on any atom is 0.312 e. The first-order valence-corrected chi connectivity index (χ1v) is 9.34. The average molecular weight is 240 g/mol. The SMILES string of the molecule is C[C@@H]1OC(=O)[C@@H]2[C@H]1CC=C[C@H]2O[Si](C)(C)C. The molecule has 1 heterocycles. The number of rotatable bonds is 2. The Morgan fingerprint density at radius 3 is 2.75 bits per heavy atom. The van der Waals surface area contributed by atoms with E-state index in [1.165, 1.54) is 0 Å². The van der Waals surface area contributed by atoms with Gasteiger partial charge < -0.3 is 9.16 Å². The zero-order chi connectivity index (χ0) is 11.9. The van der Waals surface area contributed by atoms with Gasteiger partial charge in [0.05, 0.1) is 12.0 Å². The Hall–Kier alpha value is -0.613. The molecule has 0 N–H and O–H groups in total. The minimum absolute atomic E-state index is 0.0372. The molecule has 0 aromatic heterocycles.